The minimum absolute atomic E-state index is 0.0107. The lowest BCUT2D eigenvalue weighted by Gasteiger charge is -2.35. The summed E-state index contributed by atoms with van der Waals surface area (Å²) in [7, 11) is 0. The van der Waals surface area contributed by atoms with Crippen molar-refractivity contribution in [3.05, 3.63) is 29.6 Å². The molecule has 2 unspecified atom stereocenters. The van der Waals surface area contributed by atoms with Gasteiger partial charge in [-0.1, -0.05) is 13.8 Å². The molecule has 1 fully saturated rings. The Bertz CT molecular complexity index is 559. The summed E-state index contributed by atoms with van der Waals surface area (Å²) >= 11 is 0. The second-order valence-electron chi connectivity index (χ2n) is 6.27. The maximum atomic E-state index is 12.8. The number of nitrogens with one attached hydrogen (secondary N) is 1. The fourth-order valence-corrected chi connectivity index (χ4v) is 2.95. The van der Waals surface area contributed by atoms with Crippen LogP contribution in [0.1, 0.15) is 73.7 Å². The summed E-state index contributed by atoms with van der Waals surface area (Å²) in [5.41, 5.74) is 0.857. The first-order valence-electron chi connectivity index (χ1n) is 8.64. The van der Waals surface area contributed by atoms with Crippen LogP contribution in [-0.4, -0.2) is 40.3 Å². The third-order valence-electron chi connectivity index (χ3n) is 4.59. The van der Waals surface area contributed by atoms with Gasteiger partial charge in [-0.2, -0.15) is 0 Å². The number of amides is 2. The van der Waals surface area contributed by atoms with Gasteiger partial charge >= 0.3 is 0 Å². The van der Waals surface area contributed by atoms with E-state index >= 15 is 0 Å². The van der Waals surface area contributed by atoms with Gasteiger partial charge in [0.25, 0.3) is 11.8 Å². The monoisotopic (exact) mass is 317 g/mol. The molecular formula is C18H27N3O2. The van der Waals surface area contributed by atoms with Gasteiger partial charge < -0.3 is 10.2 Å². The lowest BCUT2D eigenvalue weighted by molar-refractivity contribution is 0.0608. The van der Waals surface area contributed by atoms with Crippen molar-refractivity contribution in [2.45, 2.75) is 65.0 Å². The van der Waals surface area contributed by atoms with Gasteiger partial charge in [-0.05, 0) is 51.2 Å². The first-order valence-corrected chi connectivity index (χ1v) is 8.64. The molecule has 0 aliphatic carbocycles. The maximum Gasteiger partial charge on any atom is 0.270 e. The molecule has 0 aromatic carbocycles. The average molecular weight is 317 g/mol. The molecule has 23 heavy (non-hydrogen) atoms. The summed E-state index contributed by atoms with van der Waals surface area (Å²) in [6.07, 6.45) is 6.67. The summed E-state index contributed by atoms with van der Waals surface area (Å²) in [6.45, 7) is 6.88. The van der Waals surface area contributed by atoms with Gasteiger partial charge in [-0.15, -0.1) is 0 Å². The second-order valence-corrected chi connectivity index (χ2v) is 6.27. The molecule has 2 rings (SSSR count). The van der Waals surface area contributed by atoms with E-state index in [2.05, 4.69) is 17.2 Å². The van der Waals surface area contributed by atoms with E-state index in [1.807, 2.05) is 18.7 Å². The molecule has 0 radical (unpaired) electrons. The van der Waals surface area contributed by atoms with Crippen LogP contribution in [0, 0.1) is 0 Å². The van der Waals surface area contributed by atoms with Crippen LogP contribution in [-0.2, 0) is 0 Å². The van der Waals surface area contributed by atoms with Gasteiger partial charge in [0.05, 0.1) is 0 Å². The number of carbonyl (C=O) groups is 2. The lowest BCUT2D eigenvalue weighted by Crippen LogP contribution is -2.43. The number of rotatable bonds is 5. The van der Waals surface area contributed by atoms with Gasteiger partial charge in [-0.3, -0.25) is 14.6 Å². The molecule has 5 heteroatoms. The molecule has 1 aliphatic heterocycles. The molecule has 0 spiro atoms. The smallest absolute Gasteiger partial charge is 0.270 e. The summed E-state index contributed by atoms with van der Waals surface area (Å²) < 4.78 is 0. The minimum Gasteiger partial charge on any atom is -0.348 e. The van der Waals surface area contributed by atoms with Crippen LogP contribution in [0.5, 0.6) is 0 Å². The minimum atomic E-state index is -0.223. The number of hydrogen-bond donors (Lipinski definition) is 1. The fraction of sp³-hybridized carbons (Fsp3) is 0.611. The Morgan fingerprint density at radius 1 is 1.39 bits per heavy atom. The summed E-state index contributed by atoms with van der Waals surface area (Å²) in [5, 5.41) is 2.89. The number of pyridine rings is 1. The van der Waals surface area contributed by atoms with E-state index in [9.17, 15) is 9.59 Å². The van der Waals surface area contributed by atoms with Crippen molar-refractivity contribution in [2.75, 3.05) is 6.54 Å². The van der Waals surface area contributed by atoms with Crippen molar-refractivity contribution >= 4 is 11.8 Å². The largest absolute Gasteiger partial charge is 0.348 e. The van der Waals surface area contributed by atoms with Gasteiger partial charge in [0.2, 0.25) is 0 Å². The van der Waals surface area contributed by atoms with Crippen molar-refractivity contribution in [3.8, 4) is 0 Å². The van der Waals surface area contributed by atoms with Gasteiger partial charge in [0.1, 0.15) is 5.69 Å². The second kappa shape index (κ2) is 8.09. The first-order chi connectivity index (χ1) is 11.1. The van der Waals surface area contributed by atoms with Crippen LogP contribution in [0.2, 0.25) is 0 Å². The number of likely N-dealkylation sites (tertiary alicyclic amines) is 1. The highest BCUT2D eigenvalue weighted by Crippen LogP contribution is 2.21. The zero-order valence-electron chi connectivity index (χ0n) is 14.3. The zero-order valence-corrected chi connectivity index (χ0v) is 14.3. The normalized spacial score (nSPS) is 19.3. The van der Waals surface area contributed by atoms with E-state index in [0.29, 0.717) is 17.3 Å². The third kappa shape index (κ3) is 4.30. The van der Waals surface area contributed by atoms with E-state index in [1.54, 1.807) is 18.3 Å². The highest BCUT2D eigenvalue weighted by Gasteiger charge is 2.26. The van der Waals surface area contributed by atoms with Crippen LogP contribution < -0.4 is 5.32 Å². The van der Waals surface area contributed by atoms with E-state index in [4.69, 9.17) is 0 Å². The Kier molecular flexibility index (Phi) is 6.13. The van der Waals surface area contributed by atoms with Crippen LogP contribution in [0.25, 0.3) is 0 Å². The summed E-state index contributed by atoms with van der Waals surface area (Å²) in [6, 6.07) is 3.71. The number of nitrogens with zero attached hydrogens (tertiary/aromatic N) is 2. The third-order valence-corrected chi connectivity index (χ3v) is 4.59. The standard InChI is InChI=1S/C18H27N3O2/c1-4-13(3)20-17(22)16-12-14(9-10-19-16)18(23)21-11-7-6-8-15(21)5-2/h9-10,12-13,15H,4-8,11H2,1-3H3,(H,20,22). The first kappa shape index (κ1) is 17.4. The molecule has 1 aromatic heterocycles. The molecule has 1 saturated heterocycles. The van der Waals surface area contributed by atoms with E-state index < -0.39 is 0 Å². The molecule has 2 heterocycles. The number of piperidine rings is 1. The predicted molar refractivity (Wildman–Crippen MR) is 90.4 cm³/mol. The SMILES string of the molecule is CCC(C)NC(=O)c1cc(C(=O)N2CCCCC2CC)ccn1. The van der Waals surface area contributed by atoms with Gasteiger partial charge in [0, 0.05) is 30.4 Å². The highest BCUT2D eigenvalue weighted by molar-refractivity contribution is 5.98. The molecule has 2 atom stereocenters. The highest BCUT2D eigenvalue weighted by atomic mass is 16.2. The number of carbonyl (C=O) groups excluding carboxylic acids is 2. The average Bonchev–Trinajstić information content (AvgIpc) is 2.60. The van der Waals surface area contributed by atoms with Crippen LogP contribution in [0.15, 0.2) is 18.3 Å². The molecule has 1 aliphatic rings. The van der Waals surface area contributed by atoms with Gasteiger partial charge in [0.15, 0.2) is 0 Å². The van der Waals surface area contributed by atoms with Crippen LogP contribution in [0.3, 0.4) is 0 Å². The van der Waals surface area contributed by atoms with Crippen molar-refractivity contribution in [1.29, 1.82) is 0 Å². The fourth-order valence-electron chi connectivity index (χ4n) is 2.95. The Labute approximate surface area is 138 Å². The molecule has 2 amide bonds. The Hall–Kier alpha value is -1.91. The molecular weight excluding hydrogens is 290 g/mol. The molecule has 1 aromatic rings. The van der Waals surface area contributed by atoms with Crippen LogP contribution >= 0.6 is 0 Å². The zero-order chi connectivity index (χ0) is 16.8. The predicted octanol–water partition coefficient (Wildman–Crippen LogP) is 3.01. The Morgan fingerprint density at radius 2 is 2.17 bits per heavy atom. The molecule has 0 saturated carbocycles. The molecule has 0 bridgehead atoms. The van der Waals surface area contributed by atoms with Crippen LogP contribution in [0.4, 0.5) is 0 Å². The maximum absolute atomic E-state index is 12.8. The van der Waals surface area contributed by atoms with Crippen molar-refractivity contribution in [1.82, 2.24) is 15.2 Å². The summed E-state index contributed by atoms with van der Waals surface area (Å²) in [4.78, 5) is 31.0. The van der Waals surface area contributed by atoms with E-state index in [1.165, 1.54) is 6.42 Å². The summed E-state index contributed by atoms with van der Waals surface area (Å²) in [5.74, 6) is -0.212. The van der Waals surface area contributed by atoms with Crippen molar-refractivity contribution in [3.63, 3.8) is 0 Å². The Balaban J connectivity index is 2.15. The topological polar surface area (TPSA) is 62.3 Å². The molecule has 126 valence electrons. The Morgan fingerprint density at radius 3 is 2.87 bits per heavy atom. The molecule has 1 N–H and O–H groups in total. The van der Waals surface area contributed by atoms with E-state index in [0.717, 1.165) is 32.2 Å². The van der Waals surface area contributed by atoms with E-state index in [-0.39, 0.29) is 17.9 Å². The van der Waals surface area contributed by atoms with Crippen molar-refractivity contribution in [2.24, 2.45) is 0 Å². The lowest BCUT2D eigenvalue weighted by atomic mass is 9.99. The van der Waals surface area contributed by atoms with Gasteiger partial charge in [-0.25, -0.2) is 0 Å². The number of hydrogen-bond acceptors (Lipinski definition) is 3. The molecule has 5 nitrogen and oxygen atoms in total. The number of aromatic nitrogens is 1. The quantitative estimate of drug-likeness (QED) is 0.908. The van der Waals surface area contributed by atoms with Crippen molar-refractivity contribution < 1.29 is 9.59 Å².